The minimum atomic E-state index is -1.86. The molecule has 2 rings (SSSR count). The van der Waals surface area contributed by atoms with E-state index < -0.39 is 24.4 Å². The smallest absolute Gasteiger partial charge is 0.443 e. The Labute approximate surface area is 209 Å². The summed E-state index contributed by atoms with van der Waals surface area (Å²) in [6.07, 6.45) is 0.378. The first-order valence-electron chi connectivity index (χ1n) is 12.2. The first kappa shape index (κ1) is 29.0. The Morgan fingerprint density at radius 2 is 1.71 bits per heavy atom. The predicted molar refractivity (Wildman–Crippen MR) is 142 cm³/mol. The number of aromatic nitrogens is 1. The van der Waals surface area contributed by atoms with Gasteiger partial charge in [0.1, 0.15) is 5.60 Å². The molecular weight excluding hydrogens is 445 g/mol. The highest BCUT2D eigenvalue weighted by Gasteiger charge is 2.29. The van der Waals surface area contributed by atoms with Crippen molar-refractivity contribution in [1.82, 2.24) is 9.47 Å². The topological polar surface area (TPSA) is 104 Å². The molecule has 194 valence electrons. The van der Waals surface area contributed by atoms with Crippen molar-refractivity contribution in [2.75, 3.05) is 7.05 Å². The molecule has 1 aromatic heterocycles. The average molecular weight is 487 g/mol. The van der Waals surface area contributed by atoms with Crippen molar-refractivity contribution in [2.45, 2.75) is 98.9 Å². The van der Waals surface area contributed by atoms with Crippen molar-refractivity contribution < 1.29 is 19.6 Å². The van der Waals surface area contributed by atoms with Crippen LogP contribution in [0.15, 0.2) is 23.4 Å². The molecule has 1 atom stereocenters. The number of nitroso groups, excluding NO2 is 1. The zero-order valence-electron chi connectivity index (χ0n) is 23.0. The van der Waals surface area contributed by atoms with Gasteiger partial charge in [0.2, 0.25) is 0 Å². The number of hydrogen-bond acceptors (Lipinski definition) is 7. The molecule has 35 heavy (non-hydrogen) atoms. The summed E-state index contributed by atoms with van der Waals surface area (Å²) in [6, 6.07) is 5.88. The van der Waals surface area contributed by atoms with E-state index in [1.165, 1.54) is 4.57 Å². The van der Waals surface area contributed by atoms with E-state index in [2.05, 4.69) is 50.9 Å². The minimum absolute atomic E-state index is 0.0387. The fraction of sp³-hybridized carbons (Fsp3) is 0.654. The Bertz CT molecular complexity index is 1060. The largest absolute Gasteiger partial charge is 0.506 e. The molecule has 1 unspecified atom stereocenters. The molecule has 9 heteroatoms. The highest BCUT2D eigenvalue weighted by molar-refractivity contribution is 6.59. The maximum Gasteiger partial charge on any atom is 0.506 e. The number of aryl methyl sites for hydroxylation is 1. The average Bonchev–Trinajstić information content (AvgIpc) is 3.09. The molecule has 0 spiro atoms. The van der Waals surface area contributed by atoms with Gasteiger partial charge < -0.3 is 14.8 Å². The second-order valence-corrected chi connectivity index (χ2v) is 12.3. The van der Waals surface area contributed by atoms with Crippen molar-refractivity contribution in [3.63, 3.8) is 0 Å². The van der Waals surface area contributed by atoms with Gasteiger partial charge in [-0.15, -0.1) is 0 Å². The number of nitrogens with zero attached hydrogens (tertiary/aromatic N) is 3. The first-order chi connectivity index (χ1) is 15.9. The second-order valence-electron chi connectivity index (χ2n) is 12.3. The van der Waals surface area contributed by atoms with Gasteiger partial charge in [0.05, 0.1) is 16.6 Å². The molecule has 0 saturated heterocycles. The van der Waals surface area contributed by atoms with Crippen LogP contribution < -0.4 is 5.59 Å². The number of ether oxygens (including phenoxy) is 1. The van der Waals surface area contributed by atoms with Crippen LogP contribution >= 0.6 is 0 Å². The van der Waals surface area contributed by atoms with Gasteiger partial charge in [-0.1, -0.05) is 32.0 Å². The highest BCUT2D eigenvalue weighted by Crippen LogP contribution is 2.29. The number of hydrogen-bond donors (Lipinski definition) is 2. The Hall–Kier alpha value is -2.23. The van der Waals surface area contributed by atoms with E-state index in [0.717, 1.165) is 16.5 Å². The SMILES string of the molecule is CC(N(C)Cc1cc(CCC(C)(C)N=O)c2cc(B(O)O)n(C(=O)OC(C)(C)C)c2c1)C(C)(C)C. The zero-order valence-corrected chi connectivity index (χ0v) is 23.0. The first-order valence-corrected chi connectivity index (χ1v) is 12.2. The monoisotopic (exact) mass is 487 g/mol. The summed E-state index contributed by atoms with van der Waals surface area (Å²) >= 11 is 0. The van der Waals surface area contributed by atoms with Crippen LogP contribution in [-0.4, -0.2) is 57.0 Å². The van der Waals surface area contributed by atoms with E-state index in [0.29, 0.717) is 24.9 Å². The van der Waals surface area contributed by atoms with E-state index in [1.54, 1.807) is 40.7 Å². The molecule has 2 aromatic rings. The number of fused-ring (bicyclic) bond motifs is 1. The molecule has 0 fully saturated rings. The summed E-state index contributed by atoms with van der Waals surface area (Å²) in [6.45, 7) is 18.3. The summed E-state index contributed by atoms with van der Waals surface area (Å²) in [4.78, 5) is 26.7. The summed E-state index contributed by atoms with van der Waals surface area (Å²) in [5.41, 5.74) is 1.05. The van der Waals surface area contributed by atoms with Gasteiger partial charge >= 0.3 is 13.2 Å². The van der Waals surface area contributed by atoms with Crippen molar-refractivity contribution in [2.24, 2.45) is 10.6 Å². The lowest BCUT2D eigenvalue weighted by molar-refractivity contribution is 0.0547. The van der Waals surface area contributed by atoms with Crippen LogP contribution in [0.5, 0.6) is 0 Å². The fourth-order valence-corrected chi connectivity index (χ4v) is 4.04. The molecule has 1 heterocycles. The Morgan fingerprint density at radius 1 is 1.11 bits per heavy atom. The number of carbonyl (C=O) groups is 1. The fourth-order valence-electron chi connectivity index (χ4n) is 4.04. The maximum absolute atomic E-state index is 13.2. The molecule has 0 saturated carbocycles. The molecule has 1 aromatic carbocycles. The molecule has 0 bridgehead atoms. The third kappa shape index (κ3) is 7.38. The third-order valence-corrected chi connectivity index (χ3v) is 6.54. The Balaban J connectivity index is 2.70. The van der Waals surface area contributed by atoms with Gasteiger partial charge in [0.25, 0.3) is 0 Å². The van der Waals surface area contributed by atoms with Gasteiger partial charge in [-0.3, -0.25) is 9.47 Å². The predicted octanol–water partition coefficient (Wildman–Crippen LogP) is 4.45. The molecule has 2 N–H and O–H groups in total. The molecule has 0 aliphatic carbocycles. The van der Waals surface area contributed by atoms with Crippen LogP contribution in [0, 0.1) is 10.3 Å². The summed E-state index contributed by atoms with van der Waals surface area (Å²) in [7, 11) is 0.206. The van der Waals surface area contributed by atoms with Gasteiger partial charge in [-0.05, 0) is 90.1 Å². The zero-order chi connectivity index (χ0) is 26.9. The van der Waals surface area contributed by atoms with Crippen molar-refractivity contribution in [3.8, 4) is 0 Å². The normalized spacial score (nSPS) is 13.9. The van der Waals surface area contributed by atoms with Gasteiger partial charge in [-0.25, -0.2) is 4.79 Å². The third-order valence-electron chi connectivity index (χ3n) is 6.54. The van der Waals surface area contributed by atoms with Gasteiger partial charge in [-0.2, -0.15) is 4.91 Å². The molecule has 0 aliphatic heterocycles. The standard InChI is InChI=1S/C26H42BN3O5/c1-17(24(2,3)4)29(10)16-18-13-19(11-12-26(8,9)28-34)20-15-22(27(32)33)30(21(20)14-18)23(31)35-25(5,6)7/h13-15,17,32-33H,11-12,16H2,1-10H3. The lowest BCUT2D eigenvalue weighted by atomic mass is 9.85. The van der Waals surface area contributed by atoms with Crippen LogP contribution in [0.4, 0.5) is 4.79 Å². The molecule has 0 radical (unpaired) electrons. The van der Waals surface area contributed by atoms with E-state index in [9.17, 15) is 19.7 Å². The number of carbonyl (C=O) groups excluding carboxylic acids is 1. The van der Waals surface area contributed by atoms with E-state index in [-0.39, 0.29) is 17.1 Å². The van der Waals surface area contributed by atoms with E-state index >= 15 is 0 Å². The summed E-state index contributed by atoms with van der Waals surface area (Å²) in [5, 5.41) is 24.1. The Kier molecular flexibility index (Phi) is 8.63. The second kappa shape index (κ2) is 10.4. The lowest BCUT2D eigenvalue weighted by Gasteiger charge is -2.35. The Morgan fingerprint density at radius 3 is 2.20 bits per heavy atom. The molecular formula is C26H42BN3O5. The maximum atomic E-state index is 13.2. The van der Waals surface area contributed by atoms with Crippen LogP contribution in [0.3, 0.4) is 0 Å². The molecule has 0 amide bonds. The van der Waals surface area contributed by atoms with Gasteiger partial charge in [0.15, 0.2) is 0 Å². The summed E-state index contributed by atoms with van der Waals surface area (Å²) in [5.74, 6) is 0. The highest BCUT2D eigenvalue weighted by atomic mass is 16.6. The van der Waals surface area contributed by atoms with Crippen LogP contribution in [-0.2, 0) is 17.7 Å². The van der Waals surface area contributed by atoms with Gasteiger partial charge in [0, 0.05) is 18.0 Å². The summed E-state index contributed by atoms with van der Waals surface area (Å²) < 4.78 is 6.84. The van der Waals surface area contributed by atoms with Crippen molar-refractivity contribution >= 4 is 29.7 Å². The van der Waals surface area contributed by atoms with E-state index in [4.69, 9.17) is 4.74 Å². The van der Waals surface area contributed by atoms with Crippen molar-refractivity contribution in [3.05, 3.63) is 34.2 Å². The number of benzene rings is 1. The van der Waals surface area contributed by atoms with Crippen LogP contribution in [0.1, 0.15) is 79.9 Å². The lowest BCUT2D eigenvalue weighted by Crippen LogP contribution is -2.41. The number of rotatable bonds is 8. The van der Waals surface area contributed by atoms with Crippen molar-refractivity contribution in [1.29, 1.82) is 0 Å². The van der Waals surface area contributed by atoms with E-state index in [1.807, 2.05) is 6.07 Å². The van der Waals surface area contributed by atoms with Crippen LogP contribution in [0.25, 0.3) is 10.9 Å². The van der Waals surface area contributed by atoms with Crippen LogP contribution in [0.2, 0.25) is 0 Å². The minimum Gasteiger partial charge on any atom is -0.443 e. The molecule has 8 nitrogen and oxygen atoms in total. The molecule has 0 aliphatic rings. The quantitative estimate of drug-likeness (QED) is 0.421.